The predicted molar refractivity (Wildman–Crippen MR) is 113 cm³/mol. The van der Waals surface area contributed by atoms with Crippen molar-refractivity contribution in [3.8, 4) is 0 Å². The van der Waals surface area contributed by atoms with Crippen LogP contribution in [0.3, 0.4) is 0 Å². The van der Waals surface area contributed by atoms with Gasteiger partial charge in [0.1, 0.15) is 6.54 Å². The summed E-state index contributed by atoms with van der Waals surface area (Å²) in [5, 5.41) is 5.46. The number of ether oxygens (including phenoxy) is 1. The molecule has 2 N–H and O–H groups in total. The Morgan fingerprint density at radius 1 is 1.03 bits per heavy atom. The number of esters is 1. The molecule has 154 valence electrons. The molecule has 29 heavy (non-hydrogen) atoms. The number of carbonyl (C=O) groups excluding carboxylic acids is 3. The summed E-state index contributed by atoms with van der Waals surface area (Å²) in [4.78, 5) is 36.3. The van der Waals surface area contributed by atoms with E-state index in [9.17, 15) is 14.4 Å². The van der Waals surface area contributed by atoms with Crippen LogP contribution in [0.25, 0.3) is 0 Å². The first kappa shape index (κ1) is 22.4. The molecule has 2 aromatic carbocycles. The third kappa shape index (κ3) is 6.61. The number of amides is 2. The number of rotatable bonds is 6. The molecule has 0 aliphatic heterocycles. The standard InChI is InChI=1S/C22H25ClN2O4/c1-14(20(27)25-18-8-6-5-7-17(18)23)29-19(26)13-24-21(28)15-9-11-16(12-10-15)22(2,3)4/h5-12,14H,13H2,1-4H3,(H,24,28)(H,25,27)/t14-/m0/s1. The van der Waals surface area contributed by atoms with E-state index in [0.717, 1.165) is 5.56 Å². The number of benzene rings is 2. The zero-order valence-electron chi connectivity index (χ0n) is 16.9. The zero-order chi connectivity index (χ0) is 21.6. The summed E-state index contributed by atoms with van der Waals surface area (Å²) in [6.45, 7) is 7.35. The molecule has 1 atom stereocenters. The van der Waals surface area contributed by atoms with Crippen LogP contribution in [-0.4, -0.2) is 30.4 Å². The summed E-state index contributed by atoms with van der Waals surface area (Å²) in [5.74, 6) is -1.63. The van der Waals surface area contributed by atoms with Gasteiger partial charge < -0.3 is 15.4 Å². The van der Waals surface area contributed by atoms with Crippen molar-refractivity contribution < 1.29 is 19.1 Å². The van der Waals surface area contributed by atoms with Crippen molar-refractivity contribution >= 4 is 35.1 Å². The van der Waals surface area contributed by atoms with Crippen molar-refractivity contribution in [2.24, 2.45) is 0 Å². The van der Waals surface area contributed by atoms with Gasteiger partial charge in [0.05, 0.1) is 10.7 Å². The van der Waals surface area contributed by atoms with Crippen molar-refractivity contribution in [2.45, 2.75) is 39.2 Å². The molecule has 0 aliphatic rings. The average molecular weight is 417 g/mol. The highest BCUT2D eigenvalue weighted by Crippen LogP contribution is 2.22. The van der Waals surface area contributed by atoms with E-state index in [0.29, 0.717) is 16.3 Å². The average Bonchev–Trinajstić information content (AvgIpc) is 2.67. The molecule has 0 bridgehead atoms. The molecule has 2 aromatic rings. The van der Waals surface area contributed by atoms with Crippen LogP contribution in [0.4, 0.5) is 5.69 Å². The Balaban J connectivity index is 1.83. The third-order valence-corrected chi connectivity index (χ3v) is 4.55. The molecule has 0 saturated heterocycles. The second kappa shape index (κ2) is 9.56. The van der Waals surface area contributed by atoms with Crippen LogP contribution < -0.4 is 10.6 Å². The van der Waals surface area contributed by atoms with Crippen molar-refractivity contribution in [1.82, 2.24) is 5.32 Å². The Labute approximate surface area is 175 Å². The lowest BCUT2D eigenvalue weighted by atomic mass is 9.87. The number of hydrogen-bond acceptors (Lipinski definition) is 4. The van der Waals surface area contributed by atoms with Crippen LogP contribution in [0, 0.1) is 0 Å². The lowest BCUT2D eigenvalue weighted by molar-refractivity contribution is -0.152. The predicted octanol–water partition coefficient (Wildman–Crippen LogP) is 3.94. The van der Waals surface area contributed by atoms with E-state index in [4.69, 9.17) is 16.3 Å². The first-order valence-electron chi connectivity index (χ1n) is 9.21. The Kier molecular flexibility index (Phi) is 7.40. The largest absolute Gasteiger partial charge is 0.451 e. The monoisotopic (exact) mass is 416 g/mol. The number of hydrogen-bond donors (Lipinski definition) is 2. The molecule has 2 rings (SSSR count). The van der Waals surface area contributed by atoms with Crippen LogP contribution in [0.15, 0.2) is 48.5 Å². The Morgan fingerprint density at radius 3 is 2.24 bits per heavy atom. The molecular weight excluding hydrogens is 392 g/mol. The number of para-hydroxylation sites is 1. The lowest BCUT2D eigenvalue weighted by Crippen LogP contribution is -2.35. The highest BCUT2D eigenvalue weighted by atomic mass is 35.5. The van der Waals surface area contributed by atoms with Crippen LogP contribution in [0.1, 0.15) is 43.6 Å². The van der Waals surface area contributed by atoms with Crippen LogP contribution in [0.2, 0.25) is 5.02 Å². The molecule has 0 aromatic heterocycles. The van der Waals surface area contributed by atoms with Gasteiger partial charge in [-0.25, -0.2) is 0 Å². The van der Waals surface area contributed by atoms with Gasteiger partial charge in [0, 0.05) is 5.56 Å². The molecular formula is C22H25ClN2O4. The fourth-order valence-electron chi connectivity index (χ4n) is 2.47. The van der Waals surface area contributed by atoms with Crippen LogP contribution in [0.5, 0.6) is 0 Å². The van der Waals surface area contributed by atoms with Crippen molar-refractivity contribution in [2.75, 3.05) is 11.9 Å². The van der Waals surface area contributed by atoms with E-state index in [1.54, 1.807) is 36.4 Å². The van der Waals surface area contributed by atoms with E-state index in [2.05, 4.69) is 31.4 Å². The first-order chi connectivity index (χ1) is 13.6. The van der Waals surface area contributed by atoms with E-state index in [1.807, 2.05) is 12.1 Å². The second-order valence-electron chi connectivity index (χ2n) is 7.61. The van der Waals surface area contributed by atoms with E-state index in [-0.39, 0.29) is 12.0 Å². The summed E-state index contributed by atoms with van der Waals surface area (Å²) >= 11 is 5.99. The third-order valence-electron chi connectivity index (χ3n) is 4.22. The molecule has 7 heteroatoms. The van der Waals surface area contributed by atoms with E-state index < -0.39 is 23.9 Å². The fraction of sp³-hybridized carbons (Fsp3) is 0.318. The maximum absolute atomic E-state index is 12.2. The minimum absolute atomic E-state index is 0.0144. The highest BCUT2D eigenvalue weighted by Gasteiger charge is 2.19. The maximum atomic E-state index is 12.2. The lowest BCUT2D eigenvalue weighted by Gasteiger charge is -2.19. The number of anilines is 1. The molecule has 0 fully saturated rings. The number of carbonyl (C=O) groups is 3. The molecule has 0 unspecified atom stereocenters. The Morgan fingerprint density at radius 2 is 1.66 bits per heavy atom. The maximum Gasteiger partial charge on any atom is 0.326 e. The van der Waals surface area contributed by atoms with Crippen molar-refractivity contribution in [3.63, 3.8) is 0 Å². The van der Waals surface area contributed by atoms with Gasteiger partial charge in [-0.1, -0.05) is 56.6 Å². The van der Waals surface area contributed by atoms with Gasteiger partial charge in [0.15, 0.2) is 6.10 Å². The highest BCUT2D eigenvalue weighted by molar-refractivity contribution is 6.33. The van der Waals surface area contributed by atoms with Crippen LogP contribution >= 0.6 is 11.6 Å². The quantitative estimate of drug-likeness (QED) is 0.698. The summed E-state index contributed by atoms with van der Waals surface area (Å²) in [6, 6.07) is 13.9. The van der Waals surface area contributed by atoms with Gasteiger partial charge in [-0.05, 0) is 42.2 Å². The SMILES string of the molecule is C[C@H](OC(=O)CNC(=O)c1ccc(C(C)(C)C)cc1)C(=O)Nc1ccccc1Cl. The summed E-state index contributed by atoms with van der Waals surface area (Å²) in [6.07, 6.45) is -1.04. The minimum Gasteiger partial charge on any atom is -0.451 e. The summed E-state index contributed by atoms with van der Waals surface area (Å²) < 4.78 is 5.07. The van der Waals surface area contributed by atoms with Gasteiger partial charge >= 0.3 is 5.97 Å². The number of halogens is 1. The topological polar surface area (TPSA) is 84.5 Å². The van der Waals surface area contributed by atoms with E-state index >= 15 is 0 Å². The van der Waals surface area contributed by atoms with Crippen molar-refractivity contribution in [1.29, 1.82) is 0 Å². The summed E-state index contributed by atoms with van der Waals surface area (Å²) in [7, 11) is 0. The zero-order valence-corrected chi connectivity index (χ0v) is 17.7. The molecule has 0 spiro atoms. The molecule has 0 radical (unpaired) electrons. The fourth-order valence-corrected chi connectivity index (χ4v) is 2.65. The van der Waals surface area contributed by atoms with Crippen molar-refractivity contribution in [3.05, 3.63) is 64.7 Å². The molecule has 6 nitrogen and oxygen atoms in total. The number of nitrogens with one attached hydrogen (secondary N) is 2. The molecule has 0 aliphatic carbocycles. The molecule has 2 amide bonds. The van der Waals surface area contributed by atoms with Crippen LogP contribution in [-0.2, 0) is 19.7 Å². The van der Waals surface area contributed by atoms with Gasteiger partial charge in [-0.15, -0.1) is 0 Å². The van der Waals surface area contributed by atoms with Gasteiger partial charge in [-0.3, -0.25) is 14.4 Å². The Bertz CT molecular complexity index is 888. The minimum atomic E-state index is -1.04. The molecule has 0 heterocycles. The summed E-state index contributed by atoms with van der Waals surface area (Å²) in [5.41, 5.74) is 1.95. The molecule has 0 saturated carbocycles. The van der Waals surface area contributed by atoms with Gasteiger partial charge in [-0.2, -0.15) is 0 Å². The van der Waals surface area contributed by atoms with Gasteiger partial charge in [0.25, 0.3) is 11.8 Å². The van der Waals surface area contributed by atoms with Gasteiger partial charge in [0.2, 0.25) is 0 Å². The normalized spacial score (nSPS) is 12.0. The second-order valence-corrected chi connectivity index (χ2v) is 8.02. The van der Waals surface area contributed by atoms with E-state index in [1.165, 1.54) is 6.92 Å². The Hall–Kier alpha value is -2.86. The smallest absolute Gasteiger partial charge is 0.326 e. The first-order valence-corrected chi connectivity index (χ1v) is 9.59.